The Hall–Kier alpha value is -1.57. The van der Waals surface area contributed by atoms with Crippen molar-refractivity contribution in [2.45, 2.75) is 25.4 Å². The van der Waals surface area contributed by atoms with Gasteiger partial charge in [-0.1, -0.05) is 12.1 Å². The van der Waals surface area contributed by atoms with Crippen LogP contribution in [0.25, 0.3) is 0 Å². The molecule has 0 aliphatic rings. The summed E-state index contributed by atoms with van der Waals surface area (Å²) < 4.78 is 18.4. The van der Waals surface area contributed by atoms with Gasteiger partial charge in [-0.05, 0) is 31.5 Å². The molecular weight excluding hydrogens is 245 g/mol. The van der Waals surface area contributed by atoms with Crippen LogP contribution in [0.5, 0.6) is 5.75 Å². The molecule has 1 aromatic carbocycles. The van der Waals surface area contributed by atoms with Crippen molar-refractivity contribution in [2.24, 2.45) is 0 Å². The standard InChI is InChI=1S/C15H20FNO2/c1-2-3-4-7-10-17-11-13(18)12-19-15-9-6-5-8-14(15)16/h1,5-6,8-9,13,17-18H,3-4,7,10-12H2. The van der Waals surface area contributed by atoms with Crippen molar-refractivity contribution < 1.29 is 14.2 Å². The number of terminal acetylenes is 1. The van der Waals surface area contributed by atoms with Crippen LogP contribution in [-0.4, -0.2) is 30.9 Å². The molecule has 3 nitrogen and oxygen atoms in total. The van der Waals surface area contributed by atoms with Gasteiger partial charge in [0.15, 0.2) is 11.6 Å². The van der Waals surface area contributed by atoms with Crippen molar-refractivity contribution >= 4 is 0 Å². The summed E-state index contributed by atoms with van der Waals surface area (Å²) in [5, 5.41) is 12.8. The molecule has 4 heteroatoms. The number of rotatable bonds is 9. The number of halogens is 1. The van der Waals surface area contributed by atoms with Crippen molar-refractivity contribution in [1.29, 1.82) is 0 Å². The highest BCUT2D eigenvalue weighted by molar-refractivity contribution is 5.23. The number of aliphatic hydroxyl groups excluding tert-OH is 1. The molecule has 1 unspecified atom stereocenters. The Morgan fingerprint density at radius 3 is 2.89 bits per heavy atom. The zero-order valence-corrected chi connectivity index (χ0v) is 10.9. The van der Waals surface area contributed by atoms with E-state index in [1.54, 1.807) is 12.1 Å². The Balaban J connectivity index is 2.10. The molecule has 1 aromatic rings. The molecule has 0 fully saturated rings. The van der Waals surface area contributed by atoms with E-state index in [1.165, 1.54) is 12.1 Å². The summed E-state index contributed by atoms with van der Waals surface area (Å²) >= 11 is 0. The number of para-hydroxylation sites is 1. The van der Waals surface area contributed by atoms with Crippen LogP contribution in [0.4, 0.5) is 4.39 Å². The van der Waals surface area contributed by atoms with Crippen LogP contribution in [0.3, 0.4) is 0 Å². The van der Waals surface area contributed by atoms with Crippen molar-refractivity contribution in [2.75, 3.05) is 19.7 Å². The molecule has 0 aromatic heterocycles. The SMILES string of the molecule is C#CCCCCNCC(O)COc1ccccc1F. The van der Waals surface area contributed by atoms with Gasteiger partial charge in [0, 0.05) is 13.0 Å². The normalized spacial score (nSPS) is 11.8. The fourth-order valence-corrected chi connectivity index (χ4v) is 1.55. The van der Waals surface area contributed by atoms with Gasteiger partial charge in [-0.25, -0.2) is 4.39 Å². The van der Waals surface area contributed by atoms with Crippen molar-refractivity contribution in [1.82, 2.24) is 5.32 Å². The Morgan fingerprint density at radius 2 is 2.16 bits per heavy atom. The minimum absolute atomic E-state index is 0.0677. The number of unbranched alkanes of at least 4 members (excludes halogenated alkanes) is 2. The molecule has 0 radical (unpaired) electrons. The minimum Gasteiger partial charge on any atom is -0.488 e. The first kappa shape index (κ1) is 15.5. The third kappa shape index (κ3) is 6.80. The summed E-state index contributed by atoms with van der Waals surface area (Å²) in [5.41, 5.74) is 0. The fraction of sp³-hybridized carbons (Fsp3) is 0.467. The lowest BCUT2D eigenvalue weighted by Crippen LogP contribution is -2.32. The molecule has 104 valence electrons. The van der Waals surface area contributed by atoms with Gasteiger partial charge in [0.05, 0.1) is 0 Å². The number of aliphatic hydroxyl groups is 1. The van der Waals surface area contributed by atoms with Gasteiger partial charge in [-0.3, -0.25) is 0 Å². The molecule has 19 heavy (non-hydrogen) atoms. The lowest BCUT2D eigenvalue weighted by Gasteiger charge is -2.13. The Bertz CT molecular complexity index is 403. The van der Waals surface area contributed by atoms with E-state index >= 15 is 0 Å². The van der Waals surface area contributed by atoms with E-state index in [9.17, 15) is 9.50 Å². The van der Waals surface area contributed by atoms with Gasteiger partial charge >= 0.3 is 0 Å². The highest BCUT2D eigenvalue weighted by Crippen LogP contribution is 2.15. The monoisotopic (exact) mass is 265 g/mol. The predicted molar refractivity (Wildman–Crippen MR) is 73.5 cm³/mol. The number of nitrogens with one attached hydrogen (secondary N) is 1. The summed E-state index contributed by atoms with van der Waals surface area (Å²) in [5.74, 6) is 2.32. The lowest BCUT2D eigenvalue weighted by molar-refractivity contribution is 0.104. The molecule has 0 bridgehead atoms. The minimum atomic E-state index is -0.660. The third-order valence-electron chi connectivity index (χ3n) is 2.57. The number of benzene rings is 1. The van der Waals surface area contributed by atoms with Gasteiger partial charge in [0.1, 0.15) is 12.7 Å². The molecule has 0 saturated carbocycles. The maximum Gasteiger partial charge on any atom is 0.165 e. The Kier molecular flexibility index (Phi) is 7.64. The second-order valence-electron chi connectivity index (χ2n) is 4.26. The summed E-state index contributed by atoms with van der Waals surface area (Å²) in [6.45, 7) is 1.29. The van der Waals surface area contributed by atoms with Crippen LogP contribution < -0.4 is 10.1 Å². The third-order valence-corrected chi connectivity index (χ3v) is 2.57. The molecule has 0 spiro atoms. The van der Waals surface area contributed by atoms with Gasteiger partial charge in [-0.15, -0.1) is 12.3 Å². The predicted octanol–water partition coefficient (Wildman–Crippen LogP) is 1.96. The largest absolute Gasteiger partial charge is 0.488 e. The number of ether oxygens (including phenoxy) is 1. The van der Waals surface area contributed by atoms with E-state index in [-0.39, 0.29) is 12.4 Å². The molecule has 0 aliphatic heterocycles. The summed E-state index contributed by atoms with van der Waals surface area (Å²) in [6.07, 6.45) is 7.21. The van der Waals surface area contributed by atoms with Crippen LogP contribution in [0.2, 0.25) is 0 Å². The second kappa shape index (κ2) is 9.37. The first-order chi connectivity index (χ1) is 9.24. The zero-order valence-electron chi connectivity index (χ0n) is 10.9. The topological polar surface area (TPSA) is 41.5 Å². The van der Waals surface area contributed by atoms with Crippen molar-refractivity contribution in [3.63, 3.8) is 0 Å². The van der Waals surface area contributed by atoms with Crippen LogP contribution >= 0.6 is 0 Å². The average molecular weight is 265 g/mol. The average Bonchev–Trinajstić information content (AvgIpc) is 2.42. The van der Waals surface area contributed by atoms with Gasteiger partial charge in [-0.2, -0.15) is 0 Å². The molecule has 1 rings (SSSR count). The summed E-state index contributed by atoms with van der Waals surface area (Å²) in [7, 11) is 0. The molecular formula is C15H20FNO2. The van der Waals surface area contributed by atoms with Gasteiger partial charge < -0.3 is 15.2 Å². The maximum absolute atomic E-state index is 13.2. The van der Waals surface area contributed by atoms with E-state index < -0.39 is 11.9 Å². The first-order valence-corrected chi connectivity index (χ1v) is 6.43. The number of hydrogen-bond acceptors (Lipinski definition) is 3. The van der Waals surface area contributed by atoms with E-state index in [0.29, 0.717) is 6.54 Å². The molecule has 0 saturated heterocycles. The molecule has 2 N–H and O–H groups in total. The highest BCUT2D eigenvalue weighted by atomic mass is 19.1. The summed E-state index contributed by atoms with van der Waals surface area (Å²) in [4.78, 5) is 0. The molecule has 0 amide bonds. The summed E-state index contributed by atoms with van der Waals surface area (Å²) in [6, 6.07) is 6.14. The van der Waals surface area contributed by atoms with Crippen LogP contribution in [0.1, 0.15) is 19.3 Å². The lowest BCUT2D eigenvalue weighted by atomic mass is 10.2. The van der Waals surface area contributed by atoms with Crippen molar-refractivity contribution in [3.05, 3.63) is 30.1 Å². The Morgan fingerprint density at radius 1 is 1.37 bits per heavy atom. The first-order valence-electron chi connectivity index (χ1n) is 6.43. The van der Waals surface area contributed by atoms with Crippen LogP contribution in [-0.2, 0) is 0 Å². The zero-order chi connectivity index (χ0) is 13.9. The Labute approximate surface area is 113 Å². The highest BCUT2D eigenvalue weighted by Gasteiger charge is 2.07. The van der Waals surface area contributed by atoms with E-state index in [1.807, 2.05) is 0 Å². The van der Waals surface area contributed by atoms with Gasteiger partial charge in [0.2, 0.25) is 0 Å². The maximum atomic E-state index is 13.2. The smallest absolute Gasteiger partial charge is 0.165 e. The second-order valence-corrected chi connectivity index (χ2v) is 4.26. The number of hydrogen-bond donors (Lipinski definition) is 2. The van der Waals surface area contributed by atoms with E-state index in [4.69, 9.17) is 11.2 Å². The van der Waals surface area contributed by atoms with E-state index in [0.717, 1.165) is 25.8 Å². The van der Waals surface area contributed by atoms with Gasteiger partial charge in [0.25, 0.3) is 0 Å². The quantitative estimate of drug-likeness (QED) is 0.530. The van der Waals surface area contributed by atoms with Crippen LogP contribution in [0, 0.1) is 18.2 Å². The molecule has 1 atom stereocenters. The van der Waals surface area contributed by atoms with Crippen LogP contribution in [0.15, 0.2) is 24.3 Å². The van der Waals surface area contributed by atoms with Crippen molar-refractivity contribution in [3.8, 4) is 18.1 Å². The molecule has 0 aliphatic carbocycles. The van der Waals surface area contributed by atoms with E-state index in [2.05, 4.69) is 11.2 Å². The fourth-order valence-electron chi connectivity index (χ4n) is 1.55. The molecule has 0 heterocycles.